The summed E-state index contributed by atoms with van der Waals surface area (Å²) < 4.78 is 4.59. The summed E-state index contributed by atoms with van der Waals surface area (Å²) in [5.74, 6) is 0.901. The van der Waals surface area contributed by atoms with Gasteiger partial charge < -0.3 is 10.1 Å². The Balaban J connectivity index is 1.47. The number of esters is 1. The van der Waals surface area contributed by atoms with Crippen LogP contribution in [0.15, 0.2) is 36.4 Å². The smallest absolute Gasteiger partial charge is 0.358 e. The molecule has 0 atom stereocenters. The molecule has 1 aliphatic carbocycles. The van der Waals surface area contributed by atoms with Gasteiger partial charge in [-0.15, -0.1) is 10.2 Å². The molecule has 114 valence electrons. The minimum absolute atomic E-state index is 0.222. The number of carbonyl (C=O) groups excluding carboxylic acids is 1. The summed E-state index contributed by atoms with van der Waals surface area (Å²) in [6.45, 7) is 0.852. The fourth-order valence-corrected chi connectivity index (χ4v) is 2.90. The number of carbonyl (C=O) groups is 1. The molecule has 3 rings (SSSR count). The van der Waals surface area contributed by atoms with E-state index >= 15 is 0 Å². The molecule has 0 aliphatic heterocycles. The number of fused-ring (bicyclic) bond motifs is 1. The van der Waals surface area contributed by atoms with Gasteiger partial charge in [0.1, 0.15) is 5.82 Å². The number of methoxy groups -OCH3 is 1. The Bertz CT molecular complexity index is 630. The van der Waals surface area contributed by atoms with Crippen LogP contribution in [0.5, 0.6) is 0 Å². The number of rotatable bonds is 5. The highest BCUT2D eigenvalue weighted by molar-refractivity contribution is 5.86. The molecule has 1 N–H and O–H groups in total. The fraction of sp³-hybridized carbons (Fsp3) is 0.353. The van der Waals surface area contributed by atoms with E-state index in [0.29, 0.717) is 11.7 Å². The third kappa shape index (κ3) is 3.24. The lowest BCUT2D eigenvalue weighted by Gasteiger charge is -2.10. The van der Waals surface area contributed by atoms with Crippen molar-refractivity contribution in [2.75, 3.05) is 19.0 Å². The van der Waals surface area contributed by atoms with E-state index in [1.807, 2.05) is 0 Å². The number of ether oxygens (including phenoxy) is 1. The molecule has 1 aromatic carbocycles. The Kier molecular flexibility index (Phi) is 4.32. The number of aromatic nitrogens is 2. The van der Waals surface area contributed by atoms with Crippen molar-refractivity contribution >= 4 is 11.8 Å². The number of nitrogens with one attached hydrogen (secondary N) is 1. The van der Waals surface area contributed by atoms with Crippen LogP contribution in [0.2, 0.25) is 0 Å². The highest BCUT2D eigenvalue weighted by Crippen LogP contribution is 2.28. The van der Waals surface area contributed by atoms with Gasteiger partial charge in [-0.2, -0.15) is 0 Å². The minimum Gasteiger partial charge on any atom is -0.464 e. The van der Waals surface area contributed by atoms with Gasteiger partial charge in [0.05, 0.1) is 7.11 Å². The summed E-state index contributed by atoms with van der Waals surface area (Å²) in [7, 11) is 1.33. The van der Waals surface area contributed by atoms with E-state index in [0.717, 1.165) is 25.8 Å². The van der Waals surface area contributed by atoms with Crippen molar-refractivity contribution in [1.82, 2.24) is 10.2 Å². The largest absolute Gasteiger partial charge is 0.464 e. The maximum atomic E-state index is 11.3. The quantitative estimate of drug-likeness (QED) is 0.859. The van der Waals surface area contributed by atoms with E-state index < -0.39 is 5.97 Å². The zero-order valence-electron chi connectivity index (χ0n) is 12.6. The summed E-state index contributed by atoms with van der Waals surface area (Å²) in [4.78, 5) is 11.3. The lowest BCUT2D eigenvalue weighted by molar-refractivity contribution is 0.0593. The maximum Gasteiger partial charge on any atom is 0.358 e. The van der Waals surface area contributed by atoms with Gasteiger partial charge >= 0.3 is 5.97 Å². The molecule has 0 unspecified atom stereocenters. The van der Waals surface area contributed by atoms with E-state index in [9.17, 15) is 4.79 Å². The molecule has 1 heterocycles. The van der Waals surface area contributed by atoms with Crippen LogP contribution in [-0.2, 0) is 17.6 Å². The van der Waals surface area contributed by atoms with Crippen LogP contribution < -0.4 is 5.32 Å². The SMILES string of the molecule is COC(=O)c1ccc(NCCC2Cc3ccccc3C2)nn1. The molecule has 0 spiro atoms. The lowest BCUT2D eigenvalue weighted by atomic mass is 10.0. The van der Waals surface area contributed by atoms with Gasteiger partial charge in [0, 0.05) is 6.54 Å². The fourth-order valence-electron chi connectivity index (χ4n) is 2.90. The van der Waals surface area contributed by atoms with Gasteiger partial charge in [-0.1, -0.05) is 24.3 Å². The molecule has 5 heteroatoms. The highest BCUT2D eigenvalue weighted by Gasteiger charge is 2.20. The first-order valence-electron chi connectivity index (χ1n) is 7.49. The Morgan fingerprint density at radius 2 is 1.91 bits per heavy atom. The topological polar surface area (TPSA) is 64.1 Å². The Morgan fingerprint density at radius 1 is 1.18 bits per heavy atom. The molecule has 2 aromatic rings. The zero-order valence-corrected chi connectivity index (χ0v) is 12.6. The minimum atomic E-state index is -0.470. The molecule has 5 nitrogen and oxygen atoms in total. The molecule has 0 amide bonds. The first-order chi connectivity index (χ1) is 10.8. The van der Waals surface area contributed by atoms with Gasteiger partial charge in [0.2, 0.25) is 0 Å². The van der Waals surface area contributed by atoms with Crippen molar-refractivity contribution in [3.63, 3.8) is 0 Å². The second-order valence-electron chi connectivity index (χ2n) is 5.55. The van der Waals surface area contributed by atoms with Crippen LogP contribution in [0.1, 0.15) is 28.0 Å². The summed E-state index contributed by atoms with van der Waals surface area (Å²) in [6.07, 6.45) is 3.41. The predicted molar refractivity (Wildman–Crippen MR) is 83.8 cm³/mol. The molecule has 0 bridgehead atoms. The molecule has 22 heavy (non-hydrogen) atoms. The van der Waals surface area contributed by atoms with Crippen LogP contribution in [0, 0.1) is 5.92 Å². The van der Waals surface area contributed by atoms with E-state index in [2.05, 4.69) is 44.5 Å². The van der Waals surface area contributed by atoms with Crippen molar-refractivity contribution in [3.8, 4) is 0 Å². The predicted octanol–water partition coefficient (Wildman–Crippen LogP) is 2.48. The molecule has 1 aliphatic rings. The molecule has 0 radical (unpaired) electrons. The van der Waals surface area contributed by atoms with Gasteiger partial charge in [-0.25, -0.2) is 4.79 Å². The second kappa shape index (κ2) is 6.56. The molecule has 1 aromatic heterocycles. The monoisotopic (exact) mass is 297 g/mol. The molecular weight excluding hydrogens is 278 g/mol. The van der Waals surface area contributed by atoms with Crippen LogP contribution in [-0.4, -0.2) is 29.8 Å². The number of hydrogen-bond acceptors (Lipinski definition) is 5. The number of benzene rings is 1. The van der Waals surface area contributed by atoms with Gasteiger partial charge in [0.15, 0.2) is 5.69 Å². The number of nitrogens with zero attached hydrogens (tertiary/aromatic N) is 2. The van der Waals surface area contributed by atoms with Gasteiger partial charge in [-0.3, -0.25) is 0 Å². The molecule has 0 saturated carbocycles. The van der Waals surface area contributed by atoms with Crippen LogP contribution in [0.3, 0.4) is 0 Å². The molecule has 0 saturated heterocycles. The van der Waals surface area contributed by atoms with Crippen molar-refractivity contribution in [2.24, 2.45) is 5.92 Å². The Hall–Kier alpha value is -2.43. The maximum absolute atomic E-state index is 11.3. The molecule has 0 fully saturated rings. The third-order valence-corrected chi connectivity index (χ3v) is 4.05. The van der Waals surface area contributed by atoms with Crippen LogP contribution in [0.25, 0.3) is 0 Å². The van der Waals surface area contributed by atoms with Crippen molar-refractivity contribution in [3.05, 3.63) is 53.2 Å². The van der Waals surface area contributed by atoms with E-state index in [1.165, 1.54) is 18.2 Å². The average molecular weight is 297 g/mol. The average Bonchev–Trinajstić information content (AvgIpc) is 2.97. The first kappa shape index (κ1) is 14.5. The van der Waals surface area contributed by atoms with Gasteiger partial charge in [-0.05, 0) is 48.4 Å². The van der Waals surface area contributed by atoms with E-state index in [4.69, 9.17) is 0 Å². The number of anilines is 1. The second-order valence-corrected chi connectivity index (χ2v) is 5.55. The lowest BCUT2D eigenvalue weighted by Crippen LogP contribution is -2.12. The summed E-state index contributed by atoms with van der Waals surface area (Å²) in [5.41, 5.74) is 3.18. The van der Waals surface area contributed by atoms with Crippen molar-refractivity contribution in [1.29, 1.82) is 0 Å². The summed E-state index contributed by atoms with van der Waals surface area (Å²) >= 11 is 0. The highest BCUT2D eigenvalue weighted by atomic mass is 16.5. The molecular formula is C17H19N3O2. The van der Waals surface area contributed by atoms with Crippen molar-refractivity contribution < 1.29 is 9.53 Å². The third-order valence-electron chi connectivity index (χ3n) is 4.05. The normalized spacial score (nSPS) is 13.7. The van der Waals surface area contributed by atoms with E-state index in [1.54, 1.807) is 12.1 Å². The first-order valence-corrected chi connectivity index (χ1v) is 7.49. The van der Waals surface area contributed by atoms with E-state index in [-0.39, 0.29) is 5.69 Å². The Morgan fingerprint density at radius 3 is 2.50 bits per heavy atom. The number of hydrogen-bond donors (Lipinski definition) is 1. The summed E-state index contributed by atoms with van der Waals surface area (Å²) in [6, 6.07) is 12.0. The standard InChI is InChI=1S/C17H19N3O2/c1-22-17(21)15-6-7-16(20-19-15)18-9-8-12-10-13-4-2-3-5-14(13)11-12/h2-7,12H,8-11H2,1H3,(H,18,20). The van der Waals surface area contributed by atoms with Crippen LogP contribution >= 0.6 is 0 Å². The zero-order chi connectivity index (χ0) is 15.4. The van der Waals surface area contributed by atoms with Gasteiger partial charge in [0.25, 0.3) is 0 Å². The Labute approximate surface area is 129 Å². The van der Waals surface area contributed by atoms with Crippen molar-refractivity contribution in [2.45, 2.75) is 19.3 Å². The summed E-state index contributed by atoms with van der Waals surface area (Å²) in [5, 5.41) is 11.1. The van der Waals surface area contributed by atoms with Crippen LogP contribution in [0.4, 0.5) is 5.82 Å².